The van der Waals surface area contributed by atoms with E-state index in [1.54, 1.807) is 0 Å². The number of rotatable bonds is 4. The maximum atomic E-state index is 6.10. The zero-order valence-corrected chi connectivity index (χ0v) is 12.7. The molecule has 2 heterocycles. The summed E-state index contributed by atoms with van der Waals surface area (Å²) in [6, 6.07) is 10.1. The Kier molecular flexibility index (Phi) is 3.95. The largest absolute Gasteiger partial charge is 0.350 e. The van der Waals surface area contributed by atoms with Crippen LogP contribution in [0, 0.1) is 0 Å². The molecule has 0 aliphatic carbocycles. The Balaban J connectivity index is 2.01. The lowest BCUT2D eigenvalue weighted by atomic mass is 9.92. The fraction of sp³-hybridized carbons (Fsp3) is 0.235. The van der Waals surface area contributed by atoms with E-state index >= 15 is 0 Å². The van der Waals surface area contributed by atoms with Gasteiger partial charge < -0.3 is 10.3 Å². The van der Waals surface area contributed by atoms with Gasteiger partial charge in [-0.1, -0.05) is 17.7 Å². The van der Waals surface area contributed by atoms with Gasteiger partial charge in [-0.2, -0.15) is 0 Å². The molecule has 0 bridgehead atoms. The summed E-state index contributed by atoms with van der Waals surface area (Å²) >= 11 is 6.10. The van der Waals surface area contributed by atoms with E-state index in [1.807, 2.05) is 43.7 Å². The standard InChI is InChI=1S/C17H18ClN3/c1-21-11-16(15-3-2-14(18)9-17(15)21)13(10-19)8-12-4-6-20-7-5-12/h2-7,9,11,13H,8,10,19H2,1H3. The average Bonchev–Trinajstić information content (AvgIpc) is 2.82. The van der Waals surface area contributed by atoms with Crippen LogP contribution >= 0.6 is 11.6 Å². The Bertz CT molecular complexity index is 749. The van der Waals surface area contributed by atoms with E-state index in [0.29, 0.717) is 6.54 Å². The molecule has 3 rings (SSSR count). The molecule has 1 unspecified atom stereocenters. The quantitative estimate of drug-likeness (QED) is 0.801. The summed E-state index contributed by atoms with van der Waals surface area (Å²) in [7, 11) is 2.04. The molecule has 2 N–H and O–H groups in total. The van der Waals surface area contributed by atoms with E-state index < -0.39 is 0 Å². The highest BCUT2D eigenvalue weighted by Crippen LogP contribution is 2.30. The van der Waals surface area contributed by atoms with Crippen LogP contribution in [0.2, 0.25) is 5.02 Å². The number of benzene rings is 1. The fourth-order valence-electron chi connectivity index (χ4n) is 2.84. The van der Waals surface area contributed by atoms with Crippen molar-refractivity contribution in [3.05, 3.63) is 65.1 Å². The normalized spacial score (nSPS) is 12.7. The Hall–Kier alpha value is -1.84. The summed E-state index contributed by atoms with van der Waals surface area (Å²) in [6.45, 7) is 0.615. The molecular formula is C17H18ClN3. The summed E-state index contributed by atoms with van der Waals surface area (Å²) in [4.78, 5) is 4.06. The predicted octanol–water partition coefficient (Wildman–Crippen LogP) is 3.51. The van der Waals surface area contributed by atoms with Crippen LogP contribution in [0.5, 0.6) is 0 Å². The third-order valence-electron chi connectivity index (χ3n) is 3.94. The maximum Gasteiger partial charge on any atom is 0.0495 e. The Morgan fingerprint density at radius 2 is 2.00 bits per heavy atom. The number of fused-ring (bicyclic) bond motifs is 1. The molecule has 0 radical (unpaired) electrons. The fourth-order valence-corrected chi connectivity index (χ4v) is 3.00. The number of nitrogens with two attached hydrogens (primary N) is 1. The van der Waals surface area contributed by atoms with Crippen LogP contribution in [0.1, 0.15) is 17.0 Å². The number of nitrogens with zero attached hydrogens (tertiary/aromatic N) is 2. The van der Waals surface area contributed by atoms with Crippen molar-refractivity contribution in [2.75, 3.05) is 6.54 Å². The molecule has 0 amide bonds. The zero-order valence-electron chi connectivity index (χ0n) is 12.0. The predicted molar refractivity (Wildman–Crippen MR) is 87.7 cm³/mol. The van der Waals surface area contributed by atoms with Crippen LogP contribution in [-0.4, -0.2) is 16.1 Å². The second-order valence-corrected chi connectivity index (χ2v) is 5.79. The van der Waals surface area contributed by atoms with Gasteiger partial charge in [-0.15, -0.1) is 0 Å². The van der Waals surface area contributed by atoms with Crippen molar-refractivity contribution in [2.24, 2.45) is 12.8 Å². The summed E-state index contributed by atoms with van der Waals surface area (Å²) in [5.41, 5.74) is 9.71. The highest BCUT2D eigenvalue weighted by molar-refractivity contribution is 6.31. The van der Waals surface area contributed by atoms with E-state index in [-0.39, 0.29) is 5.92 Å². The van der Waals surface area contributed by atoms with Gasteiger partial charge in [0.15, 0.2) is 0 Å². The van der Waals surface area contributed by atoms with Gasteiger partial charge in [-0.3, -0.25) is 4.98 Å². The molecule has 3 nitrogen and oxygen atoms in total. The minimum atomic E-state index is 0.289. The Morgan fingerprint density at radius 3 is 2.71 bits per heavy atom. The number of aryl methyl sites for hydroxylation is 1. The van der Waals surface area contributed by atoms with E-state index in [4.69, 9.17) is 17.3 Å². The summed E-state index contributed by atoms with van der Waals surface area (Å²) in [5.74, 6) is 0.289. The molecule has 1 atom stereocenters. The van der Waals surface area contributed by atoms with Crippen LogP contribution in [-0.2, 0) is 13.5 Å². The van der Waals surface area contributed by atoms with Gasteiger partial charge in [0.1, 0.15) is 0 Å². The van der Waals surface area contributed by atoms with Crippen molar-refractivity contribution in [1.82, 2.24) is 9.55 Å². The molecule has 0 spiro atoms. The second-order valence-electron chi connectivity index (χ2n) is 5.35. The van der Waals surface area contributed by atoms with Gasteiger partial charge >= 0.3 is 0 Å². The lowest BCUT2D eigenvalue weighted by molar-refractivity contribution is 0.695. The van der Waals surface area contributed by atoms with Gasteiger partial charge in [0.2, 0.25) is 0 Å². The first kappa shape index (κ1) is 14.1. The molecule has 4 heteroatoms. The van der Waals surface area contributed by atoms with Gasteiger partial charge in [0, 0.05) is 47.5 Å². The molecule has 1 aromatic carbocycles. The molecule has 21 heavy (non-hydrogen) atoms. The number of aromatic nitrogens is 2. The van der Waals surface area contributed by atoms with Crippen molar-refractivity contribution in [1.29, 1.82) is 0 Å². The molecule has 0 saturated carbocycles. The zero-order chi connectivity index (χ0) is 14.8. The molecule has 0 saturated heterocycles. The molecule has 0 fully saturated rings. The number of hydrogen-bond acceptors (Lipinski definition) is 2. The SMILES string of the molecule is Cn1cc(C(CN)Cc2ccncc2)c2ccc(Cl)cc21. The molecule has 108 valence electrons. The highest BCUT2D eigenvalue weighted by Gasteiger charge is 2.16. The first-order chi connectivity index (χ1) is 10.2. The second kappa shape index (κ2) is 5.88. The van der Waals surface area contributed by atoms with E-state index in [2.05, 4.69) is 21.8 Å². The topological polar surface area (TPSA) is 43.8 Å². The summed E-state index contributed by atoms with van der Waals surface area (Å²) in [6.07, 6.45) is 6.73. The number of pyridine rings is 1. The molecule has 0 aliphatic heterocycles. The Labute approximate surface area is 129 Å². The smallest absolute Gasteiger partial charge is 0.0495 e. The van der Waals surface area contributed by atoms with Crippen molar-refractivity contribution in [3.8, 4) is 0 Å². The van der Waals surface area contributed by atoms with Gasteiger partial charge in [0.25, 0.3) is 0 Å². The number of hydrogen-bond donors (Lipinski definition) is 1. The van der Waals surface area contributed by atoms with Crippen molar-refractivity contribution in [3.63, 3.8) is 0 Å². The number of halogens is 1. The highest BCUT2D eigenvalue weighted by atomic mass is 35.5. The summed E-state index contributed by atoms with van der Waals surface area (Å²) < 4.78 is 2.12. The third-order valence-corrected chi connectivity index (χ3v) is 4.17. The van der Waals surface area contributed by atoms with E-state index in [1.165, 1.54) is 16.5 Å². The lowest BCUT2D eigenvalue weighted by Crippen LogP contribution is -2.14. The van der Waals surface area contributed by atoms with Gasteiger partial charge in [-0.05, 0) is 48.4 Å². The van der Waals surface area contributed by atoms with Crippen LogP contribution < -0.4 is 5.73 Å². The molecule has 2 aromatic heterocycles. The third kappa shape index (κ3) is 2.80. The minimum absolute atomic E-state index is 0.289. The summed E-state index contributed by atoms with van der Waals surface area (Å²) in [5, 5.41) is 1.99. The van der Waals surface area contributed by atoms with Gasteiger partial charge in [0.05, 0.1) is 0 Å². The first-order valence-electron chi connectivity index (χ1n) is 7.02. The van der Waals surface area contributed by atoms with Crippen molar-refractivity contribution in [2.45, 2.75) is 12.3 Å². The maximum absolute atomic E-state index is 6.10. The Morgan fingerprint density at radius 1 is 1.24 bits per heavy atom. The molecular weight excluding hydrogens is 282 g/mol. The van der Waals surface area contributed by atoms with Crippen molar-refractivity contribution < 1.29 is 0 Å². The lowest BCUT2D eigenvalue weighted by Gasteiger charge is -2.14. The first-order valence-corrected chi connectivity index (χ1v) is 7.40. The molecule has 0 aliphatic rings. The van der Waals surface area contributed by atoms with Crippen LogP contribution in [0.3, 0.4) is 0 Å². The van der Waals surface area contributed by atoms with E-state index in [9.17, 15) is 0 Å². The van der Waals surface area contributed by atoms with Crippen LogP contribution in [0.15, 0.2) is 48.9 Å². The monoisotopic (exact) mass is 299 g/mol. The molecule has 3 aromatic rings. The van der Waals surface area contributed by atoms with Crippen molar-refractivity contribution >= 4 is 22.5 Å². The minimum Gasteiger partial charge on any atom is -0.350 e. The average molecular weight is 300 g/mol. The van der Waals surface area contributed by atoms with Crippen LogP contribution in [0.4, 0.5) is 0 Å². The van der Waals surface area contributed by atoms with Gasteiger partial charge in [-0.25, -0.2) is 0 Å². The van der Waals surface area contributed by atoms with Crippen LogP contribution in [0.25, 0.3) is 10.9 Å². The van der Waals surface area contributed by atoms with E-state index in [0.717, 1.165) is 17.0 Å².